The standard InChI is InChI=1S/C11H16/c1-9-5-4-7-10-6-2-3-8-11(9)10/h4-5,7,10-11H,2-3,6,8H2,1H3/t10?,11-/m1/s1. The summed E-state index contributed by atoms with van der Waals surface area (Å²) in [6, 6.07) is 0. The van der Waals surface area contributed by atoms with Crippen LogP contribution in [0.15, 0.2) is 23.8 Å². The molecule has 0 nitrogen and oxygen atoms in total. The normalized spacial score (nSPS) is 36.3. The van der Waals surface area contributed by atoms with Crippen molar-refractivity contribution in [3.05, 3.63) is 23.8 Å². The lowest BCUT2D eigenvalue weighted by atomic mass is 9.73. The molecule has 2 atom stereocenters. The zero-order valence-corrected chi connectivity index (χ0v) is 7.22. The fourth-order valence-corrected chi connectivity index (χ4v) is 2.43. The third-order valence-electron chi connectivity index (χ3n) is 3.12. The molecule has 11 heavy (non-hydrogen) atoms. The Morgan fingerprint density at radius 2 is 2.09 bits per heavy atom. The van der Waals surface area contributed by atoms with Crippen molar-refractivity contribution in [3.8, 4) is 0 Å². The van der Waals surface area contributed by atoms with E-state index in [9.17, 15) is 0 Å². The summed E-state index contributed by atoms with van der Waals surface area (Å²) in [5.74, 6) is 1.78. The lowest BCUT2D eigenvalue weighted by Crippen LogP contribution is -2.20. The van der Waals surface area contributed by atoms with Gasteiger partial charge in [-0.05, 0) is 31.6 Å². The van der Waals surface area contributed by atoms with Gasteiger partial charge in [-0.3, -0.25) is 0 Å². The summed E-state index contributed by atoms with van der Waals surface area (Å²) in [5, 5.41) is 0. The smallest absolute Gasteiger partial charge is 0.0140 e. The van der Waals surface area contributed by atoms with Gasteiger partial charge in [-0.1, -0.05) is 36.6 Å². The minimum Gasteiger partial charge on any atom is -0.0808 e. The maximum atomic E-state index is 2.40. The van der Waals surface area contributed by atoms with Crippen molar-refractivity contribution in [1.29, 1.82) is 0 Å². The average Bonchev–Trinajstić information content (AvgIpc) is 2.06. The van der Waals surface area contributed by atoms with Gasteiger partial charge in [-0.2, -0.15) is 0 Å². The third-order valence-corrected chi connectivity index (χ3v) is 3.12. The van der Waals surface area contributed by atoms with Crippen molar-refractivity contribution in [3.63, 3.8) is 0 Å². The summed E-state index contributed by atoms with van der Waals surface area (Å²) in [7, 11) is 0. The van der Waals surface area contributed by atoms with Crippen molar-refractivity contribution >= 4 is 0 Å². The van der Waals surface area contributed by atoms with Crippen LogP contribution in [0.1, 0.15) is 32.6 Å². The van der Waals surface area contributed by atoms with Gasteiger partial charge in [0, 0.05) is 0 Å². The molecule has 0 aromatic heterocycles. The van der Waals surface area contributed by atoms with Crippen LogP contribution >= 0.6 is 0 Å². The van der Waals surface area contributed by atoms with Crippen LogP contribution in [0, 0.1) is 11.8 Å². The molecular weight excluding hydrogens is 132 g/mol. The first-order valence-corrected chi connectivity index (χ1v) is 4.73. The molecule has 0 aromatic carbocycles. The zero-order valence-electron chi connectivity index (χ0n) is 7.22. The molecule has 2 aliphatic rings. The van der Waals surface area contributed by atoms with E-state index in [2.05, 4.69) is 25.2 Å². The topological polar surface area (TPSA) is 0 Å². The summed E-state index contributed by atoms with van der Waals surface area (Å²) >= 11 is 0. The molecule has 1 fully saturated rings. The molecule has 0 spiro atoms. The van der Waals surface area contributed by atoms with Crippen molar-refractivity contribution < 1.29 is 0 Å². The maximum absolute atomic E-state index is 2.40. The van der Waals surface area contributed by atoms with E-state index in [1.54, 1.807) is 5.57 Å². The Morgan fingerprint density at radius 3 is 2.91 bits per heavy atom. The van der Waals surface area contributed by atoms with Crippen LogP contribution in [-0.2, 0) is 0 Å². The Morgan fingerprint density at radius 1 is 1.27 bits per heavy atom. The number of rotatable bonds is 0. The van der Waals surface area contributed by atoms with Crippen LogP contribution in [0.2, 0.25) is 0 Å². The number of hydrogen-bond acceptors (Lipinski definition) is 0. The van der Waals surface area contributed by atoms with Crippen LogP contribution in [0.5, 0.6) is 0 Å². The molecule has 0 saturated heterocycles. The Bertz CT molecular complexity index is 198. The molecule has 60 valence electrons. The molecule has 0 aromatic rings. The maximum Gasteiger partial charge on any atom is -0.0140 e. The summed E-state index contributed by atoms with van der Waals surface area (Å²) in [6.45, 7) is 2.28. The highest BCUT2D eigenvalue weighted by Crippen LogP contribution is 2.37. The highest BCUT2D eigenvalue weighted by atomic mass is 14.3. The SMILES string of the molecule is CC1=CC=CC2CCCC[C@H]12. The van der Waals surface area contributed by atoms with Crippen LogP contribution in [0.4, 0.5) is 0 Å². The Balaban J connectivity index is 2.16. The van der Waals surface area contributed by atoms with E-state index in [-0.39, 0.29) is 0 Å². The molecule has 2 aliphatic carbocycles. The monoisotopic (exact) mass is 148 g/mol. The van der Waals surface area contributed by atoms with E-state index in [1.165, 1.54) is 25.7 Å². The second-order valence-electron chi connectivity index (χ2n) is 3.85. The first kappa shape index (κ1) is 7.15. The number of fused-ring (bicyclic) bond motifs is 1. The minimum absolute atomic E-state index is 0.883. The Kier molecular flexibility index (Phi) is 1.85. The van der Waals surface area contributed by atoms with E-state index >= 15 is 0 Å². The molecule has 0 heteroatoms. The second-order valence-corrected chi connectivity index (χ2v) is 3.85. The van der Waals surface area contributed by atoms with Crippen LogP contribution in [0.3, 0.4) is 0 Å². The van der Waals surface area contributed by atoms with Gasteiger partial charge < -0.3 is 0 Å². The Labute approximate surface area is 69.0 Å². The fourth-order valence-electron chi connectivity index (χ4n) is 2.43. The van der Waals surface area contributed by atoms with Gasteiger partial charge in [0.05, 0.1) is 0 Å². The molecule has 0 amide bonds. The highest BCUT2D eigenvalue weighted by Gasteiger charge is 2.25. The first-order valence-electron chi connectivity index (χ1n) is 4.73. The van der Waals surface area contributed by atoms with E-state index in [0.717, 1.165) is 11.8 Å². The van der Waals surface area contributed by atoms with Crippen LogP contribution in [-0.4, -0.2) is 0 Å². The predicted molar refractivity (Wildman–Crippen MR) is 48.3 cm³/mol. The van der Waals surface area contributed by atoms with E-state index in [4.69, 9.17) is 0 Å². The summed E-state index contributed by atoms with van der Waals surface area (Å²) < 4.78 is 0. The largest absolute Gasteiger partial charge is 0.0808 e. The van der Waals surface area contributed by atoms with Crippen molar-refractivity contribution in [2.24, 2.45) is 11.8 Å². The molecule has 0 radical (unpaired) electrons. The third kappa shape index (κ3) is 1.26. The summed E-state index contributed by atoms with van der Waals surface area (Å²) in [4.78, 5) is 0. The Hall–Kier alpha value is -0.520. The first-order chi connectivity index (χ1) is 5.38. The van der Waals surface area contributed by atoms with Gasteiger partial charge in [-0.25, -0.2) is 0 Å². The second kappa shape index (κ2) is 2.84. The predicted octanol–water partition coefficient (Wildman–Crippen LogP) is 3.31. The minimum atomic E-state index is 0.883. The lowest BCUT2D eigenvalue weighted by molar-refractivity contribution is 0.320. The van der Waals surface area contributed by atoms with Gasteiger partial charge in [0.25, 0.3) is 0 Å². The van der Waals surface area contributed by atoms with Crippen LogP contribution < -0.4 is 0 Å². The van der Waals surface area contributed by atoms with E-state index in [1.807, 2.05) is 0 Å². The summed E-state index contributed by atoms with van der Waals surface area (Å²) in [6.07, 6.45) is 12.7. The van der Waals surface area contributed by atoms with Gasteiger partial charge in [0.2, 0.25) is 0 Å². The zero-order chi connectivity index (χ0) is 7.68. The highest BCUT2D eigenvalue weighted by molar-refractivity contribution is 5.22. The van der Waals surface area contributed by atoms with Crippen LogP contribution in [0.25, 0.3) is 0 Å². The number of hydrogen-bond donors (Lipinski definition) is 0. The molecule has 0 aliphatic heterocycles. The molecule has 1 saturated carbocycles. The van der Waals surface area contributed by atoms with Crippen molar-refractivity contribution in [2.45, 2.75) is 32.6 Å². The van der Waals surface area contributed by atoms with Crippen molar-refractivity contribution in [1.82, 2.24) is 0 Å². The van der Waals surface area contributed by atoms with Gasteiger partial charge in [0.15, 0.2) is 0 Å². The molecule has 1 unspecified atom stereocenters. The van der Waals surface area contributed by atoms with Gasteiger partial charge in [0.1, 0.15) is 0 Å². The van der Waals surface area contributed by atoms with E-state index in [0.29, 0.717) is 0 Å². The molecule has 0 N–H and O–H groups in total. The van der Waals surface area contributed by atoms with Gasteiger partial charge in [-0.15, -0.1) is 0 Å². The molecule has 0 heterocycles. The van der Waals surface area contributed by atoms with E-state index < -0.39 is 0 Å². The number of allylic oxidation sites excluding steroid dienone is 4. The average molecular weight is 148 g/mol. The fraction of sp³-hybridized carbons (Fsp3) is 0.636. The molecule has 0 bridgehead atoms. The quantitative estimate of drug-likeness (QED) is 0.494. The lowest BCUT2D eigenvalue weighted by Gasteiger charge is -2.32. The molecule has 2 rings (SSSR count). The van der Waals surface area contributed by atoms with Crippen molar-refractivity contribution in [2.75, 3.05) is 0 Å². The summed E-state index contributed by atoms with van der Waals surface area (Å²) in [5.41, 5.74) is 1.61. The molecular formula is C11H16. The van der Waals surface area contributed by atoms with Gasteiger partial charge >= 0.3 is 0 Å².